The molecule has 1 fully saturated rings. The van der Waals surface area contributed by atoms with Crippen LogP contribution in [0.3, 0.4) is 0 Å². The molecule has 0 amide bonds. The summed E-state index contributed by atoms with van der Waals surface area (Å²) in [5.74, 6) is 0.971. The van der Waals surface area contributed by atoms with E-state index in [4.69, 9.17) is 5.26 Å². The minimum atomic E-state index is 0.456. The number of nitrogens with zero attached hydrogens (tertiary/aromatic N) is 5. The minimum Gasteiger partial charge on any atom is -0.355 e. The van der Waals surface area contributed by atoms with Gasteiger partial charge in [-0.05, 0) is 43.1 Å². The van der Waals surface area contributed by atoms with E-state index in [1.807, 2.05) is 24.3 Å². The van der Waals surface area contributed by atoms with Crippen LogP contribution in [0.4, 0.5) is 5.82 Å². The van der Waals surface area contributed by atoms with E-state index in [9.17, 15) is 0 Å². The lowest BCUT2D eigenvalue weighted by atomic mass is 10.0. The summed E-state index contributed by atoms with van der Waals surface area (Å²) in [6.07, 6.45) is 5.74. The fourth-order valence-electron chi connectivity index (χ4n) is 3.17. The fraction of sp³-hybridized carbons (Fsp3) is 0.389. The molecule has 1 saturated heterocycles. The van der Waals surface area contributed by atoms with Crippen molar-refractivity contribution in [3.05, 3.63) is 54.0 Å². The zero-order valence-corrected chi connectivity index (χ0v) is 13.4. The van der Waals surface area contributed by atoms with Gasteiger partial charge in [-0.3, -0.25) is 4.90 Å². The van der Waals surface area contributed by atoms with Gasteiger partial charge >= 0.3 is 0 Å². The Hall–Kier alpha value is -2.45. The van der Waals surface area contributed by atoms with Gasteiger partial charge in [-0.2, -0.15) is 5.26 Å². The van der Waals surface area contributed by atoms with Gasteiger partial charge < -0.3 is 4.90 Å². The molecule has 0 bridgehead atoms. The largest absolute Gasteiger partial charge is 0.355 e. The lowest BCUT2D eigenvalue weighted by Gasteiger charge is -2.38. The Bertz CT molecular complexity index is 679. The van der Waals surface area contributed by atoms with Gasteiger partial charge in [-0.25, -0.2) is 9.97 Å². The Morgan fingerprint density at radius 3 is 3.09 bits per heavy atom. The molecule has 3 rings (SSSR count). The van der Waals surface area contributed by atoms with Crippen LogP contribution < -0.4 is 4.90 Å². The van der Waals surface area contributed by atoms with Crippen LogP contribution in [-0.4, -0.2) is 41.0 Å². The number of likely N-dealkylation sites (tertiary alicyclic amines) is 1. The molecule has 2 heterocycles. The molecule has 0 N–H and O–H groups in total. The van der Waals surface area contributed by atoms with E-state index < -0.39 is 0 Å². The van der Waals surface area contributed by atoms with E-state index in [1.165, 1.54) is 18.4 Å². The molecule has 5 nitrogen and oxygen atoms in total. The number of hydrogen-bond donors (Lipinski definition) is 0. The third-order valence-corrected chi connectivity index (χ3v) is 4.42. The van der Waals surface area contributed by atoms with Crippen molar-refractivity contribution in [2.75, 3.05) is 25.0 Å². The van der Waals surface area contributed by atoms with Crippen molar-refractivity contribution >= 4 is 5.82 Å². The highest BCUT2D eigenvalue weighted by Crippen LogP contribution is 2.20. The van der Waals surface area contributed by atoms with E-state index >= 15 is 0 Å². The second-order valence-electron chi connectivity index (χ2n) is 6.02. The van der Waals surface area contributed by atoms with Crippen LogP contribution in [0.2, 0.25) is 0 Å². The average Bonchev–Trinajstić information content (AvgIpc) is 2.62. The van der Waals surface area contributed by atoms with E-state index in [2.05, 4.69) is 39.0 Å². The number of likely N-dealkylation sites (N-methyl/N-ethyl adjacent to an activating group) is 1. The molecular weight excluding hydrogens is 286 g/mol. The summed E-state index contributed by atoms with van der Waals surface area (Å²) >= 11 is 0. The number of hydrogen-bond acceptors (Lipinski definition) is 5. The third kappa shape index (κ3) is 3.85. The molecule has 0 radical (unpaired) electrons. The Morgan fingerprint density at radius 2 is 2.30 bits per heavy atom. The van der Waals surface area contributed by atoms with E-state index in [-0.39, 0.29) is 0 Å². The number of rotatable bonds is 4. The third-order valence-electron chi connectivity index (χ3n) is 4.42. The summed E-state index contributed by atoms with van der Waals surface area (Å²) in [7, 11) is 2.10. The smallest absolute Gasteiger partial charge is 0.131 e. The molecule has 0 aliphatic carbocycles. The number of piperidine rings is 1. The number of aromatic nitrogens is 2. The highest BCUT2D eigenvalue weighted by Gasteiger charge is 2.24. The molecule has 1 unspecified atom stereocenters. The highest BCUT2D eigenvalue weighted by molar-refractivity contribution is 5.37. The number of benzene rings is 1. The van der Waals surface area contributed by atoms with E-state index in [0.29, 0.717) is 6.04 Å². The summed E-state index contributed by atoms with van der Waals surface area (Å²) < 4.78 is 0. The Kier molecular flexibility index (Phi) is 4.84. The van der Waals surface area contributed by atoms with E-state index in [1.54, 1.807) is 12.5 Å². The predicted molar refractivity (Wildman–Crippen MR) is 89.9 cm³/mol. The Morgan fingerprint density at radius 1 is 1.39 bits per heavy atom. The standard InChI is InChI=1S/C18H21N5/c1-22(18-7-8-20-14-21-18)17-6-3-9-23(13-17)12-16-5-2-4-15(10-16)11-19/h2,4-5,7-8,10,14,17H,3,6,9,12-13H2,1H3. The lowest BCUT2D eigenvalue weighted by molar-refractivity contribution is 0.198. The molecule has 0 spiro atoms. The van der Waals surface area contributed by atoms with Crippen molar-refractivity contribution in [2.45, 2.75) is 25.4 Å². The van der Waals surface area contributed by atoms with Crippen LogP contribution >= 0.6 is 0 Å². The van der Waals surface area contributed by atoms with Crippen LogP contribution in [0.5, 0.6) is 0 Å². The molecule has 1 atom stereocenters. The van der Waals surface area contributed by atoms with Crippen LogP contribution in [0.1, 0.15) is 24.0 Å². The normalized spacial score (nSPS) is 18.3. The van der Waals surface area contributed by atoms with Gasteiger partial charge in [0.25, 0.3) is 0 Å². The topological polar surface area (TPSA) is 56.1 Å². The maximum atomic E-state index is 9.03. The lowest BCUT2D eigenvalue weighted by Crippen LogP contribution is -2.46. The summed E-state index contributed by atoms with van der Waals surface area (Å²) in [4.78, 5) is 13.0. The SMILES string of the molecule is CN(c1ccncn1)C1CCCN(Cc2cccc(C#N)c2)C1. The van der Waals surface area contributed by atoms with Crippen LogP contribution in [0.15, 0.2) is 42.9 Å². The van der Waals surface area contributed by atoms with Crippen LogP contribution in [-0.2, 0) is 6.54 Å². The van der Waals surface area contributed by atoms with Crippen LogP contribution in [0.25, 0.3) is 0 Å². The fourth-order valence-corrected chi connectivity index (χ4v) is 3.17. The summed E-state index contributed by atoms with van der Waals surface area (Å²) in [5.41, 5.74) is 1.93. The van der Waals surface area contributed by atoms with Crippen LogP contribution in [0, 0.1) is 11.3 Å². The second kappa shape index (κ2) is 7.21. The monoisotopic (exact) mass is 307 g/mol. The molecule has 1 aliphatic heterocycles. The molecule has 2 aromatic rings. The van der Waals surface area contributed by atoms with Crippen molar-refractivity contribution in [3.8, 4) is 6.07 Å². The van der Waals surface area contributed by atoms with Gasteiger partial charge in [0.05, 0.1) is 11.6 Å². The zero-order valence-electron chi connectivity index (χ0n) is 13.4. The molecule has 23 heavy (non-hydrogen) atoms. The maximum absolute atomic E-state index is 9.03. The molecule has 0 saturated carbocycles. The van der Waals surface area contributed by atoms with Crippen molar-refractivity contribution < 1.29 is 0 Å². The van der Waals surface area contributed by atoms with Gasteiger partial charge in [-0.1, -0.05) is 12.1 Å². The molecular formula is C18H21N5. The van der Waals surface area contributed by atoms with Gasteiger partial charge in [0.15, 0.2) is 0 Å². The van der Waals surface area contributed by atoms with Crippen molar-refractivity contribution in [2.24, 2.45) is 0 Å². The van der Waals surface area contributed by atoms with Gasteiger partial charge in [0, 0.05) is 32.4 Å². The van der Waals surface area contributed by atoms with Crippen molar-refractivity contribution in [1.82, 2.24) is 14.9 Å². The average molecular weight is 307 g/mol. The number of anilines is 1. The second-order valence-corrected chi connectivity index (χ2v) is 6.02. The van der Waals surface area contributed by atoms with E-state index in [0.717, 1.165) is 31.0 Å². The molecule has 1 aliphatic rings. The molecule has 1 aromatic heterocycles. The first kappa shape index (κ1) is 15.4. The first-order valence-corrected chi connectivity index (χ1v) is 7.96. The van der Waals surface area contributed by atoms with Gasteiger partial charge in [0.2, 0.25) is 0 Å². The highest BCUT2D eigenvalue weighted by atomic mass is 15.2. The summed E-state index contributed by atoms with van der Waals surface area (Å²) in [5, 5.41) is 9.03. The summed E-state index contributed by atoms with van der Waals surface area (Å²) in [6.45, 7) is 3.01. The molecule has 1 aromatic carbocycles. The molecule has 118 valence electrons. The predicted octanol–water partition coefficient (Wildman–Crippen LogP) is 2.45. The Labute approximate surface area is 137 Å². The first-order chi connectivity index (χ1) is 11.3. The molecule has 5 heteroatoms. The minimum absolute atomic E-state index is 0.456. The summed E-state index contributed by atoms with van der Waals surface area (Å²) in [6, 6.07) is 12.5. The van der Waals surface area contributed by atoms with Gasteiger partial charge in [-0.15, -0.1) is 0 Å². The van der Waals surface area contributed by atoms with Crippen molar-refractivity contribution in [1.29, 1.82) is 5.26 Å². The Balaban J connectivity index is 1.65. The maximum Gasteiger partial charge on any atom is 0.131 e. The number of nitriles is 1. The quantitative estimate of drug-likeness (QED) is 0.868. The van der Waals surface area contributed by atoms with Crippen molar-refractivity contribution in [3.63, 3.8) is 0 Å². The van der Waals surface area contributed by atoms with Gasteiger partial charge in [0.1, 0.15) is 12.1 Å². The zero-order chi connectivity index (χ0) is 16.1. The first-order valence-electron chi connectivity index (χ1n) is 7.96.